The lowest BCUT2D eigenvalue weighted by Gasteiger charge is -2.38. The summed E-state index contributed by atoms with van der Waals surface area (Å²) < 4.78 is 34.8. The predicted molar refractivity (Wildman–Crippen MR) is 189 cm³/mol. The Balaban J connectivity index is 1.13. The van der Waals surface area contributed by atoms with Gasteiger partial charge in [0.05, 0.1) is 30.6 Å². The van der Waals surface area contributed by atoms with Crippen molar-refractivity contribution in [3.8, 4) is 5.75 Å². The Hall–Kier alpha value is -5.58. The molecule has 0 aliphatic carbocycles. The fraction of sp³-hybridized carbons (Fsp3) is 0.229. The zero-order valence-corrected chi connectivity index (χ0v) is 29.0. The highest BCUT2D eigenvalue weighted by atomic mass is 35.5. The molecule has 52 heavy (non-hydrogen) atoms. The van der Waals surface area contributed by atoms with Gasteiger partial charge in [-0.25, -0.2) is 23.4 Å². The Labute approximate surface area is 304 Å². The van der Waals surface area contributed by atoms with E-state index in [1.807, 2.05) is 0 Å². The normalized spacial score (nSPS) is 18.9. The summed E-state index contributed by atoms with van der Waals surface area (Å²) in [7, 11) is 1.27. The van der Waals surface area contributed by atoms with Crippen molar-refractivity contribution in [2.45, 2.75) is 12.1 Å². The van der Waals surface area contributed by atoms with E-state index in [-0.39, 0.29) is 52.8 Å². The minimum atomic E-state index is -0.918. The van der Waals surface area contributed by atoms with Gasteiger partial charge in [-0.15, -0.1) is 16.1 Å². The molecule has 17 heteroatoms. The summed E-state index contributed by atoms with van der Waals surface area (Å²) in [5.41, 5.74) is 1.04. The number of aliphatic hydroxyl groups excluding tert-OH is 1. The number of aromatic nitrogens is 2. The largest absolute Gasteiger partial charge is 0.508 e. The van der Waals surface area contributed by atoms with E-state index in [2.05, 4.69) is 21.8 Å². The van der Waals surface area contributed by atoms with Crippen molar-refractivity contribution < 1.29 is 33.1 Å². The highest BCUT2D eigenvalue weighted by molar-refractivity contribution is 7.11. The van der Waals surface area contributed by atoms with E-state index < -0.39 is 29.2 Å². The topological polar surface area (TPSA) is 142 Å². The summed E-state index contributed by atoms with van der Waals surface area (Å²) in [6.07, 6.45) is 2.95. The van der Waals surface area contributed by atoms with Crippen LogP contribution in [0.1, 0.15) is 22.2 Å². The molecule has 0 spiro atoms. The maximum absolute atomic E-state index is 14.7. The Morgan fingerprint density at radius 3 is 2.67 bits per heavy atom. The molecular weight excluding hydrogens is 720 g/mol. The first-order chi connectivity index (χ1) is 25.0. The molecule has 7 rings (SSSR count). The van der Waals surface area contributed by atoms with Crippen molar-refractivity contribution in [1.82, 2.24) is 24.8 Å². The number of carbonyl (C=O) groups is 2. The maximum atomic E-state index is 14.7. The Morgan fingerprint density at radius 2 is 1.96 bits per heavy atom. The number of aliphatic hydroxyl groups is 1. The number of ether oxygens (including phenoxy) is 1. The number of nitrogens with one attached hydrogen (secondary N) is 1. The van der Waals surface area contributed by atoms with E-state index in [1.165, 1.54) is 65.9 Å². The SMILES string of the molecule is C=C(O)c1ccc(On2cc(N3C[C@@H]4CN(CC5=C(C(=O)OC)[C@H](c6ccc(F)cc6Cl)N=C(c6nccs6)N5)CCN4C3=O)ccc2=O)c(F)c1. The third-order valence-corrected chi connectivity index (χ3v) is 9.99. The van der Waals surface area contributed by atoms with Gasteiger partial charge in [-0.1, -0.05) is 24.2 Å². The molecular formula is C35H30ClF2N7O6S. The van der Waals surface area contributed by atoms with Crippen molar-refractivity contribution in [2.24, 2.45) is 4.99 Å². The van der Waals surface area contributed by atoms with Gasteiger partial charge < -0.3 is 24.9 Å². The average Bonchev–Trinajstić information content (AvgIpc) is 3.78. The van der Waals surface area contributed by atoms with Crippen molar-refractivity contribution in [3.63, 3.8) is 0 Å². The Morgan fingerprint density at radius 1 is 1.13 bits per heavy atom. The van der Waals surface area contributed by atoms with E-state index in [4.69, 9.17) is 26.2 Å². The Kier molecular flexibility index (Phi) is 9.52. The molecule has 0 saturated carbocycles. The number of benzene rings is 2. The number of hydrogen-bond donors (Lipinski definition) is 2. The fourth-order valence-corrected chi connectivity index (χ4v) is 7.23. The number of rotatable bonds is 9. The molecule has 3 aliphatic rings. The monoisotopic (exact) mass is 749 g/mol. The number of hydrogen-bond acceptors (Lipinski definition) is 11. The first-order valence-corrected chi connectivity index (χ1v) is 17.2. The second-order valence-electron chi connectivity index (χ2n) is 12.1. The van der Waals surface area contributed by atoms with Crippen molar-refractivity contribution in [1.29, 1.82) is 0 Å². The van der Waals surface area contributed by atoms with Gasteiger partial charge in [-0.3, -0.25) is 19.6 Å². The quantitative estimate of drug-likeness (QED) is 0.183. The van der Waals surface area contributed by atoms with Gasteiger partial charge in [0.15, 0.2) is 22.4 Å². The van der Waals surface area contributed by atoms with Gasteiger partial charge in [-0.2, -0.15) is 0 Å². The second-order valence-corrected chi connectivity index (χ2v) is 13.4. The third kappa shape index (κ3) is 6.75. The molecule has 5 heterocycles. The smallest absolute Gasteiger partial charge is 0.338 e. The molecule has 2 N–H and O–H groups in total. The van der Waals surface area contributed by atoms with E-state index >= 15 is 0 Å². The lowest BCUT2D eigenvalue weighted by atomic mass is 9.95. The lowest BCUT2D eigenvalue weighted by molar-refractivity contribution is -0.136. The van der Waals surface area contributed by atoms with Crippen molar-refractivity contribution in [3.05, 3.63) is 127 Å². The summed E-state index contributed by atoms with van der Waals surface area (Å²) >= 11 is 7.84. The number of piperazine rings is 1. The Bertz CT molecular complexity index is 2210. The maximum Gasteiger partial charge on any atom is 0.338 e. The van der Waals surface area contributed by atoms with Crippen molar-refractivity contribution >= 4 is 52.2 Å². The molecule has 0 bridgehead atoms. The molecule has 2 amide bonds. The van der Waals surface area contributed by atoms with Gasteiger partial charge in [-0.05, 0) is 36.4 Å². The van der Waals surface area contributed by atoms with Crippen LogP contribution in [-0.2, 0) is 9.53 Å². The number of amidine groups is 1. The number of fused-ring (bicyclic) bond motifs is 1. The molecule has 0 unspecified atom stereocenters. The number of thiazole rings is 1. The van der Waals surface area contributed by atoms with Gasteiger partial charge in [0.2, 0.25) is 0 Å². The molecule has 2 aromatic carbocycles. The molecule has 3 aliphatic heterocycles. The number of amides is 2. The highest BCUT2D eigenvalue weighted by Crippen LogP contribution is 2.37. The van der Waals surface area contributed by atoms with Gasteiger partial charge in [0, 0.05) is 72.2 Å². The first-order valence-electron chi connectivity index (χ1n) is 15.9. The average molecular weight is 750 g/mol. The number of nitrogens with zero attached hydrogens (tertiary/aromatic N) is 6. The van der Waals surface area contributed by atoms with Crippen LogP contribution in [0.4, 0.5) is 19.3 Å². The molecule has 13 nitrogen and oxygen atoms in total. The lowest BCUT2D eigenvalue weighted by Crippen LogP contribution is -2.53. The predicted octanol–water partition coefficient (Wildman–Crippen LogP) is 4.75. The van der Waals surface area contributed by atoms with E-state index in [0.29, 0.717) is 47.4 Å². The first kappa shape index (κ1) is 34.9. The fourth-order valence-electron chi connectivity index (χ4n) is 6.37. The third-order valence-electron chi connectivity index (χ3n) is 8.88. The molecule has 2 fully saturated rings. The van der Waals surface area contributed by atoms with Crippen LogP contribution in [-0.4, -0.2) is 88.3 Å². The minimum absolute atomic E-state index is 0.0980. The second kappa shape index (κ2) is 14.2. The zero-order chi connectivity index (χ0) is 36.7. The standard InChI is InChI=1S/C35H30ClF2N7O6S/c1-19(46)20-3-7-28(26(38)13-20)51-45-17-22(5-8-29(45)47)44-16-23-15-42(10-11-43(23)35(44)49)18-27-30(34(48)50-2)31(24-6-4-21(37)14-25(24)36)41-32(40-27)33-39-9-12-52-33/h3-9,12-14,17,23,31,46H,1,10-11,15-16,18H2,2H3,(H,40,41)/t23-,31-/m0/s1. The van der Waals surface area contributed by atoms with Gasteiger partial charge in [0.25, 0.3) is 5.56 Å². The summed E-state index contributed by atoms with van der Waals surface area (Å²) in [6.45, 7) is 5.14. The number of aliphatic imine (C=N–C) groups is 1. The summed E-state index contributed by atoms with van der Waals surface area (Å²) in [6, 6.07) is 8.83. The zero-order valence-electron chi connectivity index (χ0n) is 27.5. The van der Waals surface area contributed by atoms with Gasteiger partial charge >= 0.3 is 12.0 Å². The summed E-state index contributed by atoms with van der Waals surface area (Å²) in [5.74, 6) is -2.17. The number of methoxy groups -OCH3 is 1. The van der Waals surface area contributed by atoms with Crippen LogP contribution < -0.4 is 20.6 Å². The van der Waals surface area contributed by atoms with Crippen LogP contribution in [0.2, 0.25) is 5.02 Å². The molecule has 4 aromatic rings. The van der Waals surface area contributed by atoms with Crippen LogP contribution in [0.15, 0.2) is 93.9 Å². The minimum Gasteiger partial charge on any atom is -0.508 e. The number of halogens is 3. The summed E-state index contributed by atoms with van der Waals surface area (Å²) in [5, 5.41) is 15.3. The highest BCUT2D eigenvalue weighted by Gasteiger charge is 2.42. The molecule has 2 aromatic heterocycles. The number of carbonyl (C=O) groups excluding carboxylic acids is 2. The van der Waals surface area contributed by atoms with Crippen LogP contribution in [0.3, 0.4) is 0 Å². The number of urea groups is 1. The van der Waals surface area contributed by atoms with Crippen LogP contribution in [0.5, 0.6) is 5.75 Å². The molecule has 268 valence electrons. The molecule has 0 radical (unpaired) electrons. The van der Waals surface area contributed by atoms with E-state index in [1.54, 1.807) is 16.5 Å². The summed E-state index contributed by atoms with van der Waals surface area (Å²) in [4.78, 5) is 59.7. The number of esters is 1. The van der Waals surface area contributed by atoms with Crippen LogP contribution in [0.25, 0.3) is 5.76 Å². The van der Waals surface area contributed by atoms with E-state index in [9.17, 15) is 28.3 Å². The van der Waals surface area contributed by atoms with Gasteiger partial charge in [0.1, 0.15) is 17.6 Å². The number of pyridine rings is 1. The van der Waals surface area contributed by atoms with Crippen molar-refractivity contribution in [2.75, 3.05) is 44.7 Å². The van der Waals surface area contributed by atoms with Crippen LogP contribution >= 0.6 is 22.9 Å². The van der Waals surface area contributed by atoms with E-state index in [0.717, 1.165) is 16.9 Å². The molecule has 2 saturated heterocycles. The number of anilines is 1. The molecule has 2 atom stereocenters. The van der Waals surface area contributed by atoms with Crippen LogP contribution in [0, 0.1) is 11.6 Å².